The molecule has 0 spiro atoms. The van der Waals surface area contributed by atoms with Gasteiger partial charge in [0.15, 0.2) is 0 Å². The highest BCUT2D eigenvalue weighted by atomic mass is 19.1. The molecular formula is C27H33FN4O3. The summed E-state index contributed by atoms with van der Waals surface area (Å²) in [5.74, 6) is 0.140. The minimum absolute atomic E-state index is 0.0521. The summed E-state index contributed by atoms with van der Waals surface area (Å²) in [6.07, 6.45) is 3.31. The Bertz CT molecular complexity index is 1040. The topological polar surface area (TPSA) is 87.5 Å². The lowest BCUT2D eigenvalue weighted by molar-refractivity contribution is -0.0140. The maximum atomic E-state index is 13.5. The summed E-state index contributed by atoms with van der Waals surface area (Å²) in [5.41, 5.74) is 1.02. The van der Waals surface area contributed by atoms with Crippen LogP contribution in [0.15, 0.2) is 42.6 Å². The average molecular weight is 481 g/mol. The van der Waals surface area contributed by atoms with Crippen molar-refractivity contribution in [3.8, 4) is 11.9 Å². The van der Waals surface area contributed by atoms with Gasteiger partial charge in [0, 0.05) is 30.4 Å². The van der Waals surface area contributed by atoms with Crippen LogP contribution in [-0.2, 0) is 4.74 Å². The Balaban J connectivity index is 1.54. The van der Waals surface area contributed by atoms with E-state index in [9.17, 15) is 9.18 Å². The van der Waals surface area contributed by atoms with Crippen molar-refractivity contribution in [2.45, 2.75) is 76.2 Å². The van der Waals surface area contributed by atoms with Crippen molar-refractivity contribution >= 4 is 6.09 Å². The molecule has 1 aromatic carbocycles. The molecule has 1 aromatic heterocycles. The Labute approximate surface area is 206 Å². The van der Waals surface area contributed by atoms with Gasteiger partial charge in [0.1, 0.15) is 24.1 Å². The van der Waals surface area contributed by atoms with Crippen molar-refractivity contribution in [3.63, 3.8) is 0 Å². The number of hydrogen-bond donors (Lipinski definition) is 1. The number of carbonyl (C=O) groups is 1. The van der Waals surface area contributed by atoms with E-state index in [0.717, 1.165) is 31.5 Å². The maximum absolute atomic E-state index is 13.5. The molecule has 0 bridgehead atoms. The van der Waals surface area contributed by atoms with E-state index in [1.165, 1.54) is 18.3 Å². The number of nitrogens with one attached hydrogen (secondary N) is 1. The van der Waals surface area contributed by atoms with Crippen molar-refractivity contribution in [1.82, 2.24) is 15.2 Å². The van der Waals surface area contributed by atoms with Crippen molar-refractivity contribution in [1.29, 1.82) is 5.26 Å². The molecule has 1 saturated heterocycles. The zero-order valence-corrected chi connectivity index (χ0v) is 20.5. The summed E-state index contributed by atoms with van der Waals surface area (Å²) in [4.78, 5) is 19.6. The molecule has 1 aliphatic carbocycles. The van der Waals surface area contributed by atoms with Crippen LogP contribution in [0.25, 0.3) is 0 Å². The fraction of sp³-hybridized carbons (Fsp3) is 0.519. The molecule has 1 saturated carbocycles. The molecule has 1 aliphatic heterocycles. The Hall–Kier alpha value is -3.18. The number of pyridine rings is 1. The zero-order chi connectivity index (χ0) is 25.0. The Morgan fingerprint density at radius 1 is 1.17 bits per heavy atom. The largest absolute Gasteiger partial charge is 0.470 e. The summed E-state index contributed by atoms with van der Waals surface area (Å²) in [7, 11) is 0. The van der Waals surface area contributed by atoms with Crippen LogP contribution in [0, 0.1) is 17.1 Å². The van der Waals surface area contributed by atoms with E-state index in [0.29, 0.717) is 24.3 Å². The lowest BCUT2D eigenvalue weighted by atomic mass is 9.97. The molecule has 4 atom stereocenters. The second-order valence-corrected chi connectivity index (χ2v) is 10.3. The van der Waals surface area contributed by atoms with Gasteiger partial charge in [-0.3, -0.25) is 4.90 Å². The van der Waals surface area contributed by atoms with E-state index in [1.807, 2.05) is 31.7 Å². The first-order valence-corrected chi connectivity index (χ1v) is 12.2. The molecule has 2 aromatic rings. The molecule has 7 nitrogen and oxygen atoms in total. The Morgan fingerprint density at radius 3 is 2.51 bits per heavy atom. The van der Waals surface area contributed by atoms with E-state index < -0.39 is 17.7 Å². The van der Waals surface area contributed by atoms with Gasteiger partial charge >= 0.3 is 6.09 Å². The van der Waals surface area contributed by atoms with Crippen molar-refractivity contribution in [3.05, 3.63) is 59.5 Å². The van der Waals surface area contributed by atoms with Crippen LogP contribution in [0.2, 0.25) is 0 Å². The number of ether oxygens (including phenoxy) is 2. The quantitative estimate of drug-likeness (QED) is 0.663. The molecule has 8 heteroatoms. The van der Waals surface area contributed by atoms with Crippen LogP contribution in [0.4, 0.5) is 9.18 Å². The molecular weight excluding hydrogens is 447 g/mol. The summed E-state index contributed by atoms with van der Waals surface area (Å²) in [6.45, 7) is 7.76. The predicted octanol–water partition coefficient (Wildman–Crippen LogP) is 4.78. The van der Waals surface area contributed by atoms with Crippen molar-refractivity contribution in [2.24, 2.45) is 0 Å². The number of aromatic nitrogens is 1. The van der Waals surface area contributed by atoms with Gasteiger partial charge in [0.05, 0.1) is 5.56 Å². The third-order valence-corrected chi connectivity index (χ3v) is 6.73. The van der Waals surface area contributed by atoms with Crippen LogP contribution in [0.3, 0.4) is 0 Å². The standard InChI is InChI=1S/C27H33FN4O3/c1-27(2,3)32(22-5-4-12-30-17-22)26(33)35-24-14-20(19-7-9-21(28)10-8-19)13-23(24)34-25-11-6-18(15-29)16-31-25/h6-11,16,20,22-24,30H,4-5,12-14,17H2,1-3H3. The number of nitrogens with zero attached hydrogens (tertiary/aromatic N) is 3. The van der Waals surface area contributed by atoms with Gasteiger partial charge in [-0.25, -0.2) is 14.2 Å². The van der Waals surface area contributed by atoms with E-state index in [-0.39, 0.29) is 23.9 Å². The number of amides is 1. The van der Waals surface area contributed by atoms with Gasteiger partial charge in [0.2, 0.25) is 5.88 Å². The van der Waals surface area contributed by atoms with Gasteiger partial charge < -0.3 is 14.8 Å². The third kappa shape index (κ3) is 6.09. The highest BCUT2D eigenvalue weighted by molar-refractivity contribution is 5.69. The van der Waals surface area contributed by atoms with Crippen LogP contribution in [0.1, 0.15) is 63.5 Å². The predicted molar refractivity (Wildman–Crippen MR) is 129 cm³/mol. The highest BCUT2D eigenvalue weighted by Crippen LogP contribution is 2.39. The zero-order valence-electron chi connectivity index (χ0n) is 20.5. The van der Waals surface area contributed by atoms with Crippen LogP contribution >= 0.6 is 0 Å². The second kappa shape index (κ2) is 10.6. The molecule has 35 heavy (non-hydrogen) atoms. The molecule has 2 fully saturated rings. The third-order valence-electron chi connectivity index (χ3n) is 6.73. The molecule has 186 valence electrons. The van der Waals surface area contributed by atoms with E-state index in [2.05, 4.69) is 10.3 Å². The second-order valence-electron chi connectivity index (χ2n) is 10.3. The van der Waals surface area contributed by atoms with E-state index >= 15 is 0 Å². The average Bonchev–Trinajstić information content (AvgIpc) is 3.21. The molecule has 2 aliphatic rings. The highest BCUT2D eigenvalue weighted by Gasteiger charge is 2.42. The first kappa shape index (κ1) is 24.9. The number of halogens is 1. The number of carbonyl (C=O) groups excluding carboxylic acids is 1. The first-order valence-electron chi connectivity index (χ1n) is 12.2. The monoisotopic (exact) mass is 480 g/mol. The van der Waals surface area contributed by atoms with E-state index in [1.54, 1.807) is 24.3 Å². The van der Waals surface area contributed by atoms with Crippen LogP contribution in [0.5, 0.6) is 5.88 Å². The fourth-order valence-corrected chi connectivity index (χ4v) is 5.10. The number of benzene rings is 1. The van der Waals surface area contributed by atoms with Gasteiger partial charge in [-0.15, -0.1) is 0 Å². The normalized spacial score (nSPS) is 24.4. The maximum Gasteiger partial charge on any atom is 0.410 e. The van der Waals surface area contributed by atoms with Gasteiger partial charge in [0.25, 0.3) is 0 Å². The summed E-state index contributed by atoms with van der Waals surface area (Å²) in [6, 6.07) is 11.8. The minimum Gasteiger partial charge on any atom is -0.470 e. The van der Waals surface area contributed by atoms with Gasteiger partial charge in [-0.05, 0) is 82.7 Å². The molecule has 4 unspecified atom stereocenters. The summed E-state index contributed by atoms with van der Waals surface area (Å²) in [5, 5.41) is 12.4. The number of piperidine rings is 1. The molecule has 2 heterocycles. The number of rotatable bonds is 5. The smallest absolute Gasteiger partial charge is 0.410 e. The summed E-state index contributed by atoms with van der Waals surface area (Å²) >= 11 is 0. The molecule has 1 N–H and O–H groups in total. The number of hydrogen-bond acceptors (Lipinski definition) is 6. The van der Waals surface area contributed by atoms with Crippen LogP contribution in [-0.4, -0.2) is 52.9 Å². The van der Waals surface area contributed by atoms with Crippen molar-refractivity contribution in [2.75, 3.05) is 13.1 Å². The Kier molecular flexibility index (Phi) is 7.56. The van der Waals surface area contributed by atoms with Crippen LogP contribution < -0.4 is 10.1 Å². The lowest BCUT2D eigenvalue weighted by Gasteiger charge is -2.43. The summed E-state index contributed by atoms with van der Waals surface area (Å²) < 4.78 is 25.8. The first-order chi connectivity index (χ1) is 16.7. The Morgan fingerprint density at radius 2 is 1.91 bits per heavy atom. The van der Waals surface area contributed by atoms with Gasteiger partial charge in [-0.1, -0.05) is 12.1 Å². The minimum atomic E-state index is -0.489. The number of nitriles is 1. The molecule has 0 radical (unpaired) electrons. The SMILES string of the molecule is CC(C)(C)N(C(=O)OC1CC(c2ccc(F)cc2)CC1Oc1ccc(C#N)cn1)C1CCCNC1. The van der Waals surface area contributed by atoms with Gasteiger partial charge in [-0.2, -0.15) is 5.26 Å². The fourth-order valence-electron chi connectivity index (χ4n) is 5.10. The lowest BCUT2D eigenvalue weighted by Crippen LogP contribution is -2.57. The molecule has 4 rings (SSSR count). The van der Waals surface area contributed by atoms with E-state index in [4.69, 9.17) is 14.7 Å². The molecule has 1 amide bonds. The van der Waals surface area contributed by atoms with Crippen molar-refractivity contribution < 1.29 is 18.7 Å².